The highest BCUT2D eigenvalue weighted by atomic mass is 32.2. The minimum absolute atomic E-state index is 0.0807. The zero-order chi connectivity index (χ0) is 15.2. The molecule has 0 fully saturated rings. The van der Waals surface area contributed by atoms with Crippen LogP contribution in [0.3, 0.4) is 0 Å². The molecular weight excluding hydrogens is 286 g/mol. The summed E-state index contributed by atoms with van der Waals surface area (Å²) in [7, 11) is 0. The van der Waals surface area contributed by atoms with E-state index in [4.69, 9.17) is 5.11 Å². The first-order valence-electron chi connectivity index (χ1n) is 6.97. The van der Waals surface area contributed by atoms with Gasteiger partial charge in [-0.05, 0) is 25.5 Å². The molecule has 112 valence electrons. The molecule has 1 aromatic heterocycles. The Morgan fingerprint density at radius 1 is 1.33 bits per heavy atom. The Labute approximate surface area is 128 Å². The lowest BCUT2D eigenvalue weighted by Gasteiger charge is -2.06. The van der Waals surface area contributed by atoms with Gasteiger partial charge in [-0.15, -0.1) is 16.9 Å². The molecule has 1 aromatic carbocycles. The van der Waals surface area contributed by atoms with E-state index in [2.05, 4.69) is 41.5 Å². The quantitative estimate of drug-likeness (QED) is 0.796. The van der Waals surface area contributed by atoms with Crippen molar-refractivity contribution >= 4 is 17.7 Å². The van der Waals surface area contributed by atoms with Crippen LogP contribution in [0.2, 0.25) is 0 Å². The lowest BCUT2D eigenvalue weighted by molar-refractivity contribution is 0.0689. The number of aryl methyl sites for hydroxylation is 2. The zero-order valence-electron chi connectivity index (χ0n) is 12.2. The number of thioether (sulfide) groups is 1. The lowest BCUT2D eigenvalue weighted by atomic mass is 10.2. The fraction of sp³-hybridized carbons (Fsp3) is 0.400. The third-order valence-electron chi connectivity index (χ3n) is 3.12. The van der Waals surface area contributed by atoms with E-state index >= 15 is 0 Å². The molecule has 0 radical (unpaired) electrons. The molecule has 0 atom stereocenters. The molecule has 0 spiro atoms. The molecule has 0 aliphatic rings. The number of rotatable bonds is 7. The van der Waals surface area contributed by atoms with Crippen LogP contribution in [0.5, 0.6) is 0 Å². The van der Waals surface area contributed by atoms with Crippen molar-refractivity contribution in [3.05, 3.63) is 41.2 Å². The van der Waals surface area contributed by atoms with E-state index in [1.165, 1.54) is 10.5 Å². The second kappa shape index (κ2) is 7.26. The third kappa shape index (κ3) is 4.07. The number of hydrogen-bond donors (Lipinski definition) is 1. The van der Waals surface area contributed by atoms with Gasteiger partial charge in [0.25, 0.3) is 0 Å². The lowest BCUT2D eigenvalue weighted by Crippen LogP contribution is -2.09. The second-order valence-corrected chi connectivity index (χ2v) is 5.99. The SMILES string of the molecule is CCCc1c(C(=O)O)nnn1CCSc1ccc(C)cc1. The summed E-state index contributed by atoms with van der Waals surface area (Å²) in [6.07, 6.45) is 1.56. The zero-order valence-corrected chi connectivity index (χ0v) is 13.1. The molecule has 1 heterocycles. The van der Waals surface area contributed by atoms with Crippen LogP contribution in [-0.2, 0) is 13.0 Å². The highest BCUT2D eigenvalue weighted by molar-refractivity contribution is 7.99. The molecule has 0 unspecified atom stereocenters. The van der Waals surface area contributed by atoms with E-state index in [1.807, 2.05) is 6.92 Å². The number of carboxylic acids is 1. The van der Waals surface area contributed by atoms with E-state index in [1.54, 1.807) is 16.4 Å². The Hall–Kier alpha value is -1.82. The molecular formula is C15H19N3O2S. The molecule has 6 heteroatoms. The van der Waals surface area contributed by atoms with Gasteiger partial charge >= 0.3 is 5.97 Å². The number of carboxylic acid groups (broad SMARTS) is 1. The van der Waals surface area contributed by atoms with Gasteiger partial charge in [0.2, 0.25) is 0 Å². The normalized spacial score (nSPS) is 10.8. The first-order valence-corrected chi connectivity index (χ1v) is 7.95. The van der Waals surface area contributed by atoms with Crippen LogP contribution in [0.4, 0.5) is 0 Å². The van der Waals surface area contributed by atoms with Crippen molar-refractivity contribution in [3.8, 4) is 0 Å². The largest absolute Gasteiger partial charge is 0.476 e. The standard InChI is InChI=1S/C15H19N3O2S/c1-3-4-13-14(15(19)20)16-17-18(13)9-10-21-12-7-5-11(2)6-8-12/h5-8H,3-4,9-10H2,1-2H3,(H,19,20). The third-order valence-corrected chi connectivity index (χ3v) is 4.11. The molecule has 21 heavy (non-hydrogen) atoms. The predicted octanol–water partition coefficient (Wildman–Crippen LogP) is 3.03. The monoisotopic (exact) mass is 305 g/mol. The summed E-state index contributed by atoms with van der Waals surface area (Å²) in [5.74, 6) is -0.168. The molecule has 0 aliphatic carbocycles. The number of nitrogens with zero attached hydrogens (tertiary/aromatic N) is 3. The van der Waals surface area contributed by atoms with Gasteiger partial charge in [0.05, 0.1) is 12.2 Å². The Kier molecular flexibility index (Phi) is 5.38. The summed E-state index contributed by atoms with van der Waals surface area (Å²) in [4.78, 5) is 12.3. The van der Waals surface area contributed by atoms with Crippen LogP contribution < -0.4 is 0 Å². The van der Waals surface area contributed by atoms with Gasteiger partial charge in [-0.25, -0.2) is 9.48 Å². The Balaban J connectivity index is 1.99. The Bertz CT molecular complexity index is 608. The van der Waals surface area contributed by atoms with Crippen molar-refractivity contribution in [2.75, 3.05) is 5.75 Å². The fourth-order valence-electron chi connectivity index (χ4n) is 2.05. The van der Waals surface area contributed by atoms with Gasteiger partial charge in [0.1, 0.15) is 0 Å². The second-order valence-electron chi connectivity index (χ2n) is 4.82. The van der Waals surface area contributed by atoms with Gasteiger partial charge < -0.3 is 5.11 Å². The van der Waals surface area contributed by atoms with Crippen molar-refractivity contribution in [2.24, 2.45) is 0 Å². The molecule has 5 nitrogen and oxygen atoms in total. The van der Waals surface area contributed by atoms with Crippen molar-refractivity contribution in [2.45, 2.75) is 38.1 Å². The number of benzene rings is 1. The molecule has 1 N–H and O–H groups in total. The topological polar surface area (TPSA) is 68.0 Å². The molecule has 0 saturated carbocycles. The predicted molar refractivity (Wildman–Crippen MR) is 82.9 cm³/mol. The van der Waals surface area contributed by atoms with Gasteiger partial charge in [-0.2, -0.15) is 0 Å². The molecule has 0 bridgehead atoms. The van der Waals surface area contributed by atoms with Crippen molar-refractivity contribution < 1.29 is 9.90 Å². The van der Waals surface area contributed by atoms with Crippen LogP contribution >= 0.6 is 11.8 Å². The van der Waals surface area contributed by atoms with E-state index in [0.717, 1.165) is 17.9 Å². The molecule has 2 rings (SSSR count). The van der Waals surface area contributed by atoms with Crippen LogP contribution in [0.25, 0.3) is 0 Å². The van der Waals surface area contributed by atoms with Crippen LogP contribution in [-0.4, -0.2) is 31.8 Å². The maximum atomic E-state index is 11.1. The first-order chi connectivity index (χ1) is 10.1. The molecule has 0 amide bonds. The van der Waals surface area contributed by atoms with E-state index in [-0.39, 0.29) is 5.69 Å². The van der Waals surface area contributed by atoms with Crippen LogP contribution in [0.15, 0.2) is 29.2 Å². The first kappa shape index (κ1) is 15.6. The highest BCUT2D eigenvalue weighted by Gasteiger charge is 2.17. The number of hydrogen-bond acceptors (Lipinski definition) is 4. The molecule has 0 saturated heterocycles. The van der Waals surface area contributed by atoms with Gasteiger partial charge in [-0.1, -0.05) is 36.3 Å². The van der Waals surface area contributed by atoms with Gasteiger partial charge in [0, 0.05) is 10.6 Å². The summed E-state index contributed by atoms with van der Waals surface area (Å²) < 4.78 is 1.72. The summed E-state index contributed by atoms with van der Waals surface area (Å²) in [5, 5.41) is 16.9. The molecule has 2 aromatic rings. The molecule has 0 aliphatic heterocycles. The van der Waals surface area contributed by atoms with Crippen LogP contribution in [0.1, 0.15) is 35.1 Å². The maximum Gasteiger partial charge on any atom is 0.358 e. The summed E-state index contributed by atoms with van der Waals surface area (Å²) >= 11 is 1.73. The number of aromatic nitrogens is 3. The average molecular weight is 305 g/mol. The van der Waals surface area contributed by atoms with Gasteiger partial charge in [-0.3, -0.25) is 0 Å². The average Bonchev–Trinajstić information content (AvgIpc) is 2.85. The minimum Gasteiger partial charge on any atom is -0.476 e. The smallest absolute Gasteiger partial charge is 0.358 e. The van der Waals surface area contributed by atoms with E-state index < -0.39 is 5.97 Å². The van der Waals surface area contributed by atoms with E-state index in [9.17, 15) is 4.79 Å². The highest BCUT2D eigenvalue weighted by Crippen LogP contribution is 2.19. The summed E-state index contributed by atoms with van der Waals surface area (Å²) in [5.41, 5.74) is 2.04. The Morgan fingerprint density at radius 3 is 2.67 bits per heavy atom. The number of aromatic carboxylic acids is 1. The summed E-state index contributed by atoms with van der Waals surface area (Å²) in [6, 6.07) is 8.36. The Morgan fingerprint density at radius 2 is 2.05 bits per heavy atom. The minimum atomic E-state index is -1.00. The summed E-state index contributed by atoms with van der Waals surface area (Å²) in [6.45, 7) is 4.74. The fourth-order valence-corrected chi connectivity index (χ4v) is 2.88. The van der Waals surface area contributed by atoms with E-state index in [0.29, 0.717) is 13.0 Å². The van der Waals surface area contributed by atoms with Gasteiger partial charge in [0.15, 0.2) is 5.69 Å². The van der Waals surface area contributed by atoms with Crippen LogP contribution in [0, 0.1) is 6.92 Å². The van der Waals surface area contributed by atoms with Crippen molar-refractivity contribution in [3.63, 3.8) is 0 Å². The van der Waals surface area contributed by atoms with Crippen molar-refractivity contribution in [1.29, 1.82) is 0 Å². The number of carbonyl (C=O) groups is 1. The van der Waals surface area contributed by atoms with Crippen molar-refractivity contribution in [1.82, 2.24) is 15.0 Å². The maximum absolute atomic E-state index is 11.1.